The molecule has 0 unspecified atom stereocenters. The van der Waals surface area contributed by atoms with E-state index >= 15 is 0 Å². The van der Waals surface area contributed by atoms with E-state index in [4.69, 9.17) is 0 Å². The topological polar surface area (TPSA) is 26.5 Å². The minimum Gasteiger partial charge on any atom is -0.346 e. The predicted octanol–water partition coefficient (Wildman–Crippen LogP) is 3.56. The Bertz CT molecular complexity index is 797. The van der Waals surface area contributed by atoms with Crippen LogP contribution in [-0.4, -0.2) is 28.6 Å². The molecule has 0 amide bonds. The van der Waals surface area contributed by atoms with E-state index in [-0.39, 0.29) is 0 Å². The molecule has 0 spiro atoms. The fourth-order valence-corrected chi connectivity index (χ4v) is 4.23. The lowest BCUT2D eigenvalue weighted by Crippen LogP contribution is -2.42. The maximum atomic E-state index is 11.7. The molecule has 0 saturated heterocycles. The highest BCUT2D eigenvalue weighted by Gasteiger charge is 2.52. The van der Waals surface area contributed by atoms with Crippen LogP contribution >= 0.6 is 0 Å². The van der Waals surface area contributed by atoms with E-state index < -0.39 is 5.72 Å². The van der Waals surface area contributed by atoms with Gasteiger partial charge < -0.3 is 5.11 Å². The van der Waals surface area contributed by atoms with Gasteiger partial charge in [-0.15, -0.1) is 0 Å². The first-order valence-electron chi connectivity index (χ1n) is 8.86. The van der Waals surface area contributed by atoms with Crippen molar-refractivity contribution in [1.82, 2.24) is 0 Å². The van der Waals surface area contributed by atoms with E-state index in [1.54, 1.807) is 0 Å². The zero-order valence-corrected chi connectivity index (χ0v) is 14.5. The Balaban J connectivity index is 1.83. The number of rotatable bonds is 2. The van der Waals surface area contributed by atoms with Gasteiger partial charge in [0, 0.05) is 12.0 Å². The van der Waals surface area contributed by atoms with E-state index in [1.807, 2.05) is 6.07 Å². The molecule has 0 bridgehead atoms. The lowest BCUT2D eigenvalue weighted by Gasteiger charge is -2.26. The largest absolute Gasteiger partial charge is 0.346 e. The summed E-state index contributed by atoms with van der Waals surface area (Å²) in [5.41, 5.74) is 3.66. The van der Waals surface area contributed by atoms with Crippen LogP contribution in [0.4, 0.5) is 5.69 Å². The summed E-state index contributed by atoms with van der Waals surface area (Å²) < 4.78 is 2.24. The first-order valence-corrected chi connectivity index (χ1v) is 8.86. The van der Waals surface area contributed by atoms with Crippen molar-refractivity contribution in [3.05, 3.63) is 65.2 Å². The number of aliphatic hydroxyl groups is 1. The molecular weight excluding hydrogens is 296 g/mol. The van der Waals surface area contributed by atoms with Crippen LogP contribution in [0.2, 0.25) is 0 Å². The molecule has 0 saturated carbocycles. The van der Waals surface area contributed by atoms with Crippen LogP contribution in [0.25, 0.3) is 0 Å². The second-order valence-electron chi connectivity index (χ2n) is 7.08. The van der Waals surface area contributed by atoms with Crippen LogP contribution in [0.15, 0.2) is 48.5 Å². The Labute approximate surface area is 143 Å². The molecule has 2 aromatic rings. The van der Waals surface area contributed by atoms with Crippen molar-refractivity contribution in [3.63, 3.8) is 0 Å². The average molecular weight is 321 g/mol. The zero-order valence-electron chi connectivity index (χ0n) is 14.5. The van der Waals surface area contributed by atoms with E-state index in [0.717, 1.165) is 30.5 Å². The fraction of sp³-hybridized carbons (Fsp3) is 0.381. The third kappa shape index (κ3) is 2.35. The molecule has 2 heterocycles. The highest BCUT2D eigenvalue weighted by molar-refractivity contribution is 5.96. The zero-order chi connectivity index (χ0) is 16.7. The van der Waals surface area contributed by atoms with E-state index in [2.05, 4.69) is 65.8 Å². The molecule has 124 valence electrons. The van der Waals surface area contributed by atoms with E-state index in [1.165, 1.54) is 23.5 Å². The lowest BCUT2D eigenvalue weighted by atomic mass is 9.95. The van der Waals surface area contributed by atoms with Gasteiger partial charge in [-0.05, 0) is 44.4 Å². The number of benzene rings is 2. The number of β-amino-alcohol motifs (C(OH)–C–C–N with tert-alkyl or cyclic N) is 1. The van der Waals surface area contributed by atoms with Gasteiger partial charge in [-0.2, -0.15) is 0 Å². The molecule has 0 aliphatic carbocycles. The number of aryl methyl sites for hydroxylation is 2. The Hall–Kier alpha value is -2.13. The summed E-state index contributed by atoms with van der Waals surface area (Å²) >= 11 is 0. The van der Waals surface area contributed by atoms with Crippen molar-refractivity contribution in [2.24, 2.45) is 0 Å². The molecule has 3 heteroatoms. The third-order valence-corrected chi connectivity index (χ3v) is 5.36. The molecule has 0 fully saturated rings. The standard InChI is InChI=1S/C21H25N2O/c1-16-11-12-19(17(2)14-16)21(24)15-22(18-8-4-3-5-9-18)20-10-6-7-13-23(20)21/h3-5,8-9,11-12,14,24H,6-7,10,13,15H2,1-2H3/q+1/t21-/m1/s1. The minimum atomic E-state index is -0.941. The van der Waals surface area contributed by atoms with Gasteiger partial charge in [0.1, 0.15) is 5.69 Å². The molecule has 4 rings (SSSR count). The molecule has 0 radical (unpaired) electrons. The molecule has 2 aliphatic rings. The lowest BCUT2D eigenvalue weighted by molar-refractivity contribution is -0.661. The highest BCUT2D eigenvalue weighted by Crippen LogP contribution is 2.37. The second-order valence-corrected chi connectivity index (χ2v) is 7.08. The van der Waals surface area contributed by atoms with Crippen LogP contribution in [0, 0.1) is 13.8 Å². The molecule has 24 heavy (non-hydrogen) atoms. The van der Waals surface area contributed by atoms with Crippen LogP contribution in [0.5, 0.6) is 0 Å². The summed E-state index contributed by atoms with van der Waals surface area (Å²) in [6.07, 6.45) is 3.36. The Kier molecular flexibility index (Phi) is 3.69. The van der Waals surface area contributed by atoms with Crippen LogP contribution < -0.4 is 4.90 Å². The van der Waals surface area contributed by atoms with E-state index in [0.29, 0.717) is 6.54 Å². The molecule has 1 N–H and O–H groups in total. The van der Waals surface area contributed by atoms with Gasteiger partial charge in [0.25, 0.3) is 11.6 Å². The summed E-state index contributed by atoms with van der Waals surface area (Å²) in [4.78, 5) is 2.30. The minimum absolute atomic E-state index is 0.593. The van der Waals surface area contributed by atoms with Crippen LogP contribution in [-0.2, 0) is 5.72 Å². The molecule has 2 aromatic carbocycles. The van der Waals surface area contributed by atoms with Gasteiger partial charge in [0.05, 0.1) is 6.54 Å². The summed E-state index contributed by atoms with van der Waals surface area (Å²) in [6, 6.07) is 16.8. The number of nitrogens with zero attached hydrogens (tertiary/aromatic N) is 2. The van der Waals surface area contributed by atoms with Gasteiger partial charge >= 0.3 is 0 Å². The van der Waals surface area contributed by atoms with Gasteiger partial charge in [-0.25, -0.2) is 9.48 Å². The van der Waals surface area contributed by atoms with Gasteiger partial charge in [-0.3, -0.25) is 0 Å². The maximum Gasteiger partial charge on any atom is 0.271 e. The SMILES string of the molecule is Cc1ccc([C@]2(O)CN(c3ccccc3)C3=[N+]2CCCC3)c(C)c1. The number of amidine groups is 1. The molecule has 3 nitrogen and oxygen atoms in total. The molecular formula is C21H25N2O+. The van der Waals surface area contributed by atoms with E-state index in [9.17, 15) is 5.11 Å². The molecule has 2 aliphatic heterocycles. The third-order valence-electron chi connectivity index (χ3n) is 5.36. The monoisotopic (exact) mass is 321 g/mol. The summed E-state index contributed by atoms with van der Waals surface area (Å²) in [7, 11) is 0. The maximum absolute atomic E-state index is 11.7. The van der Waals surface area contributed by atoms with Crippen molar-refractivity contribution >= 4 is 11.5 Å². The van der Waals surface area contributed by atoms with Crippen molar-refractivity contribution < 1.29 is 9.68 Å². The predicted molar refractivity (Wildman–Crippen MR) is 97.6 cm³/mol. The fourth-order valence-electron chi connectivity index (χ4n) is 4.23. The summed E-state index contributed by atoms with van der Waals surface area (Å²) in [5, 5.41) is 11.7. The first kappa shape index (κ1) is 15.4. The number of anilines is 1. The number of hydrogen-bond acceptors (Lipinski definition) is 2. The van der Waals surface area contributed by atoms with Gasteiger partial charge in [0.2, 0.25) is 0 Å². The second kappa shape index (κ2) is 5.75. The van der Waals surface area contributed by atoms with Crippen molar-refractivity contribution in [2.75, 3.05) is 18.0 Å². The summed E-state index contributed by atoms with van der Waals surface area (Å²) in [5.74, 6) is 1.26. The van der Waals surface area contributed by atoms with Gasteiger partial charge in [-0.1, -0.05) is 42.0 Å². The van der Waals surface area contributed by atoms with Crippen LogP contribution in [0.1, 0.15) is 36.0 Å². The van der Waals surface area contributed by atoms with Gasteiger partial charge in [0.15, 0.2) is 6.54 Å². The quantitative estimate of drug-likeness (QED) is 0.856. The van der Waals surface area contributed by atoms with Crippen molar-refractivity contribution in [3.8, 4) is 0 Å². The number of para-hydroxylation sites is 1. The Morgan fingerprint density at radius 3 is 2.58 bits per heavy atom. The Morgan fingerprint density at radius 2 is 1.83 bits per heavy atom. The smallest absolute Gasteiger partial charge is 0.271 e. The molecule has 0 aromatic heterocycles. The summed E-state index contributed by atoms with van der Waals surface area (Å²) in [6.45, 7) is 5.72. The normalized spacial score (nSPS) is 23.5. The highest BCUT2D eigenvalue weighted by atomic mass is 16.3. The average Bonchev–Trinajstić information content (AvgIpc) is 2.90. The van der Waals surface area contributed by atoms with Crippen molar-refractivity contribution in [2.45, 2.75) is 38.8 Å². The molecule has 1 atom stereocenters. The van der Waals surface area contributed by atoms with Crippen molar-refractivity contribution in [1.29, 1.82) is 0 Å². The Morgan fingerprint density at radius 1 is 1.04 bits per heavy atom. The number of hydrogen-bond donors (Lipinski definition) is 1. The van der Waals surface area contributed by atoms with Crippen LogP contribution in [0.3, 0.4) is 0 Å². The first-order chi connectivity index (χ1) is 11.6.